The number of ketones is 1. The Morgan fingerprint density at radius 1 is 1.50 bits per heavy atom. The Labute approximate surface area is 83.0 Å². The van der Waals surface area contributed by atoms with E-state index in [0.29, 0.717) is 13.1 Å². The second-order valence-electron chi connectivity index (χ2n) is 3.04. The summed E-state index contributed by atoms with van der Waals surface area (Å²) >= 11 is 0. The quantitative estimate of drug-likeness (QED) is 0.463. The topological polar surface area (TPSA) is 66.1 Å². The number of hydrogen-bond donors (Lipinski definition) is 2. The van der Waals surface area contributed by atoms with Crippen molar-refractivity contribution in [1.29, 1.82) is 0 Å². The molecular weight excluding hydrogens is 180 g/mol. The summed E-state index contributed by atoms with van der Waals surface area (Å²) in [7, 11) is 0. The molecule has 14 heavy (non-hydrogen) atoms. The minimum atomic E-state index is -0.984. The van der Waals surface area contributed by atoms with Crippen LogP contribution in [-0.4, -0.2) is 36.7 Å². The highest BCUT2D eigenvalue weighted by Gasteiger charge is 2.43. The van der Waals surface area contributed by atoms with Gasteiger partial charge in [0.25, 0.3) is 0 Å². The number of Topliss-reactive ketones (excluding diaryl/α,β-unsaturated/α-hetero) is 1. The molecular formula is C10H14N2O2. The van der Waals surface area contributed by atoms with E-state index in [9.17, 15) is 9.90 Å². The van der Waals surface area contributed by atoms with Crippen LogP contribution in [0.2, 0.25) is 0 Å². The van der Waals surface area contributed by atoms with Crippen molar-refractivity contribution in [3.05, 3.63) is 25.3 Å². The highest BCUT2D eigenvalue weighted by Crippen LogP contribution is 2.06. The number of carbonyl (C=O) groups is 1. The maximum absolute atomic E-state index is 11.4. The van der Waals surface area contributed by atoms with Crippen LogP contribution in [0, 0.1) is 0 Å². The van der Waals surface area contributed by atoms with Gasteiger partial charge in [-0.1, -0.05) is 12.7 Å². The van der Waals surface area contributed by atoms with E-state index < -0.39 is 12.1 Å². The van der Waals surface area contributed by atoms with Gasteiger partial charge in [0, 0.05) is 6.54 Å². The number of nitrogens with one attached hydrogen (secondary N) is 2. The fourth-order valence-electron chi connectivity index (χ4n) is 1.30. The highest BCUT2D eigenvalue weighted by atomic mass is 16.3. The van der Waals surface area contributed by atoms with Crippen molar-refractivity contribution in [2.75, 3.05) is 13.1 Å². The Morgan fingerprint density at radius 2 is 2.21 bits per heavy atom. The van der Waals surface area contributed by atoms with Gasteiger partial charge in [-0.3, -0.25) is 4.79 Å². The molecule has 1 saturated carbocycles. The van der Waals surface area contributed by atoms with Crippen molar-refractivity contribution in [3.63, 3.8) is 0 Å². The number of carbonyl (C=O) groups excluding carboxylic acids is 1. The molecule has 0 heterocycles. The third-order valence-corrected chi connectivity index (χ3v) is 2.05. The average molecular weight is 194 g/mol. The third-order valence-electron chi connectivity index (χ3n) is 2.05. The van der Waals surface area contributed by atoms with Gasteiger partial charge in [-0.25, -0.2) is 4.99 Å². The van der Waals surface area contributed by atoms with Crippen molar-refractivity contribution in [2.45, 2.75) is 12.1 Å². The molecule has 1 aliphatic rings. The van der Waals surface area contributed by atoms with Crippen molar-refractivity contribution in [2.24, 2.45) is 0 Å². The Morgan fingerprint density at radius 3 is 2.71 bits per heavy atom. The molecule has 4 nitrogen and oxygen atoms in total. The van der Waals surface area contributed by atoms with Crippen LogP contribution >= 0.6 is 0 Å². The Bertz CT molecular complexity index is 284. The lowest BCUT2D eigenvalue weighted by molar-refractivity contribution is -0.476. The zero-order chi connectivity index (χ0) is 10.6. The van der Waals surface area contributed by atoms with E-state index in [1.54, 1.807) is 12.2 Å². The summed E-state index contributed by atoms with van der Waals surface area (Å²) in [6, 6.07) is -0.597. The first-order chi connectivity index (χ1) is 6.72. The van der Waals surface area contributed by atoms with E-state index in [0.717, 1.165) is 0 Å². The molecule has 0 bridgehead atoms. The van der Waals surface area contributed by atoms with Crippen molar-refractivity contribution < 1.29 is 14.9 Å². The van der Waals surface area contributed by atoms with E-state index in [4.69, 9.17) is 0 Å². The van der Waals surface area contributed by atoms with Gasteiger partial charge >= 0.3 is 0 Å². The van der Waals surface area contributed by atoms with Gasteiger partial charge in [0.2, 0.25) is 11.5 Å². The minimum absolute atomic E-state index is 0.145. The summed E-state index contributed by atoms with van der Waals surface area (Å²) in [5.74, 6) is -0.145. The van der Waals surface area contributed by atoms with Crippen LogP contribution in [0.15, 0.2) is 25.3 Å². The van der Waals surface area contributed by atoms with Gasteiger partial charge < -0.3 is 10.4 Å². The zero-order valence-corrected chi connectivity index (χ0v) is 7.95. The standard InChI is InChI=1S/C10H13N2O2/c1-3-5-11-7-9(13)8(10(7)14)12-6-4-2/h3-4,7,9,11H,1-2,5-6H2/q-1/p+1. The maximum atomic E-state index is 11.4. The zero-order valence-electron chi connectivity index (χ0n) is 7.95. The van der Waals surface area contributed by atoms with Crippen molar-refractivity contribution in [3.8, 4) is 0 Å². The van der Waals surface area contributed by atoms with Crippen LogP contribution in [0.25, 0.3) is 0 Å². The van der Waals surface area contributed by atoms with E-state index in [2.05, 4.69) is 23.5 Å². The molecule has 76 valence electrons. The molecule has 0 radical (unpaired) electrons. The molecule has 2 unspecified atom stereocenters. The largest absolute Gasteiger partial charge is 0.843 e. The predicted molar refractivity (Wildman–Crippen MR) is 51.8 cm³/mol. The molecule has 0 spiro atoms. The van der Waals surface area contributed by atoms with Crippen molar-refractivity contribution >= 4 is 11.5 Å². The minimum Gasteiger partial charge on any atom is -0.843 e. The normalized spacial score (nSPS) is 28.6. The lowest BCUT2D eigenvalue weighted by Crippen LogP contribution is -2.87. The molecule has 1 rings (SSSR count). The fourth-order valence-corrected chi connectivity index (χ4v) is 1.30. The summed E-state index contributed by atoms with van der Waals surface area (Å²) in [5.41, 5.74) is 0.256. The average Bonchev–Trinajstić information content (AvgIpc) is 2.19. The molecule has 0 aromatic carbocycles. The fraction of sp³-hybridized carbons (Fsp3) is 0.400. The molecule has 1 fully saturated rings. The van der Waals surface area contributed by atoms with Gasteiger partial charge in [0.05, 0.1) is 6.04 Å². The molecule has 0 amide bonds. The van der Waals surface area contributed by atoms with E-state index in [-0.39, 0.29) is 11.5 Å². The number of hydrogen-bond acceptors (Lipinski definition) is 3. The summed E-state index contributed by atoms with van der Waals surface area (Å²) in [6.07, 6.45) is 2.24. The Balaban J connectivity index is 2.51. The van der Waals surface area contributed by atoms with E-state index in [1.807, 2.05) is 0 Å². The van der Waals surface area contributed by atoms with Crippen LogP contribution in [0.5, 0.6) is 0 Å². The Kier molecular flexibility index (Phi) is 3.73. The molecule has 0 aromatic rings. The van der Waals surface area contributed by atoms with Gasteiger partial charge in [0.1, 0.15) is 0 Å². The maximum Gasteiger partial charge on any atom is 0.236 e. The van der Waals surface area contributed by atoms with Crippen LogP contribution in [0.1, 0.15) is 0 Å². The van der Waals surface area contributed by atoms with E-state index >= 15 is 0 Å². The molecule has 2 atom stereocenters. The molecule has 0 aromatic heterocycles. The van der Waals surface area contributed by atoms with Gasteiger partial charge in [-0.2, -0.15) is 0 Å². The molecule has 4 heteroatoms. The summed E-state index contributed by atoms with van der Waals surface area (Å²) in [4.78, 5) is 14.1. The van der Waals surface area contributed by atoms with Crippen LogP contribution in [0.4, 0.5) is 0 Å². The first-order valence-corrected chi connectivity index (χ1v) is 4.48. The molecule has 1 aliphatic carbocycles. The van der Waals surface area contributed by atoms with Gasteiger partial charge in [0.15, 0.2) is 6.54 Å². The molecule has 2 N–H and O–H groups in total. The first-order valence-electron chi connectivity index (χ1n) is 4.48. The second kappa shape index (κ2) is 4.83. The third kappa shape index (κ3) is 1.97. The summed E-state index contributed by atoms with van der Waals surface area (Å²) in [5, 5.41) is 14.2. The number of rotatable bonds is 5. The molecule has 0 aliphatic heterocycles. The lowest BCUT2D eigenvalue weighted by Gasteiger charge is -2.37. The molecule has 0 saturated heterocycles. The first kappa shape index (κ1) is 10.8. The smallest absolute Gasteiger partial charge is 0.236 e. The SMILES string of the molecule is C=CCNC1C(=O)C(=[NH+]CC=C)C1[O-]. The summed E-state index contributed by atoms with van der Waals surface area (Å²) in [6.45, 7) is 7.92. The van der Waals surface area contributed by atoms with Crippen LogP contribution in [0.3, 0.4) is 0 Å². The van der Waals surface area contributed by atoms with Gasteiger partial charge in [-0.05, 0) is 12.2 Å². The van der Waals surface area contributed by atoms with Crippen molar-refractivity contribution in [1.82, 2.24) is 5.32 Å². The van der Waals surface area contributed by atoms with Crippen LogP contribution < -0.4 is 15.4 Å². The highest BCUT2D eigenvalue weighted by molar-refractivity contribution is 6.48. The lowest BCUT2D eigenvalue weighted by atomic mass is 9.84. The summed E-state index contributed by atoms with van der Waals surface area (Å²) < 4.78 is 0. The predicted octanol–water partition coefficient (Wildman–Crippen LogP) is -2.85. The second-order valence-corrected chi connectivity index (χ2v) is 3.04. The Hall–Kier alpha value is -1.26. The monoisotopic (exact) mass is 194 g/mol. The van der Waals surface area contributed by atoms with Crippen LogP contribution in [-0.2, 0) is 4.79 Å². The van der Waals surface area contributed by atoms with E-state index in [1.165, 1.54) is 0 Å². The van der Waals surface area contributed by atoms with Gasteiger partial charge in [-0.15, -0.1) is 6.58 Å².